The Morgan fingerprint density at radius 2 is 0.597 bits per heavy atom. The minimum Gasteiger partial charge on any atom is -0.311 e. The zero-order valence-corrected chi connectivity index (χ0v) is 34.1. The van der Waals surface area contributed by atoms with E-state index in [1.807, 2.05) is 0 Å². The molecule has 0 saturated heterocycles. The zero-order chi connectivity index (χ0) is 41.2. The van der Waals surface area contributed by atoms with Crippen LogP contribution in [0.25, 0.3) is 83.1 Å². The first-order chi connectivity index (χ1) is 30.8. The number of para-hydroxylation sites is 3. The van der Waals surface area contributed by atoms with Crippen molar-refractivity contribution >= 4 is 38.9 Å². The summed E-state index contributed by atoms with van der Waals surface area (Å²) in [5, 5.41) is 2.49. The number of anilines is 3. The maximum atomic E-state index is 2.47. The van der Waals surface area contributed by atoms with Gasteiger partial charge in [-0.2, -0.15) is 0 Å². The van der Waals surface area contributed by atoms with Gasteiger partial charge in [-0.1, -0.05) is 206 Å². The maximum absolute atomic E-state index is 2.47. The van der Waals surface area contributed by atoms with Gasteiger partial charge in [0.2, 0.25) is 0 Å². The van der Waals surface area contributed by atoms with Crippen LogP contribution in [0.4, 0.5) is 17.1 Å². The third-order valence-corrected chi connectivity index (χ3v) is 12.0. The van der Waals surface area contributed by atoms with E-state index in [9.17, 15) is 0 Å². The normalized spacial score (nSPS) is 11.2. The van der Waals surface area contributed by atoms with E-state index in [1.54, 1.807) is 0 Å². The van der Waals surface area contributed by atoms with Gasteiger partial charge in [0.15, 0.2) is 0 Å². The van der Waals surface area contributed by atoms with E-state index in [0.717, 1.165) is 28.3 Å². The van der Waals surface area contributed by atoms with Gasteiger partial charge >= 0.3 is 0 Å². The predicted molar refractivity (Wildman–Crippen MR) is 263 cm³/mol. The number of rotatable bonds is 9. The molecule has 0 atom stereocenters. The molecule has 11 rings (SSSR count). The molecule has 0 unspecified atom stereocenters. The summed E-state index contributed by atoms with van der Waals surface area (Å²) in [5.74, 6) is 0. The van der Waals surface area contributed by atoms with Crippen molar-refractivity contribution in [1.82, 2.24) is 4.57 Å². The molecule has 0 bridgehead atoms. The van der Waals surface area contributed by atoms with Crippen molar-refractivity contribution in [2.75, 3.05) is 4.90 Å². The topological polar surface area (TPSA) is 8.17 Å². The van der Waals surface area contributed by atoms with Gasteiger partial charge in [-0.3, -0.25) is 0 Å². The fourth-order valence-corrected chi connectivity index (χ4v) is 8.99. The second kappa shape index (κ2) is 16.1. The Morgan fingerprint density at radius 1 is 0.242 bits per heavy atom. The van der Waals surface area contributed by atoms with E-state index in [4.69, 9.17) is 0 Å². The predicted octanol–water partition coefficient (Wildman–Crippen LogP) is 16.6. The highest BCUT2D eigenvalue weighted by Crippen LogP contribution is 2.42. The summed E-state index contributed by atoms with van der Waals surface area (Å²) in [7, 11) is 0. The van der Waals surface area contributed by atoms with E-state index in [1.165, 1.54) is 71.9 Å². The van der Waals surface area contributed by atoms with Crippen molar-refractivity contribution in [3.8, 4) is 61.3 Å². The summed E-state index contributed by atoms with van der Waals surface area (Å²) >= 11 is 0. The Hall–Kier alpha value is -8.20. The molecular weight excluding hydrogens is 749 g/mol. The van der Waals surface area contributed by atoms with Gasteiger partial charge in [-0.25, -0.2) is 0 Å². The summed E-state index contributed by atoms with van der Waals surface area (Å²) in [6, 6.07) is 91.9. The van der Waals surface area contributed by atoms with Crippen LogP contribution < -0.4 is 4.90 Å². The van der Waals surface area contributed by atoms with Crippen LogP contribution in [0.2, 0.25) is 0 Å². The first kappa shape index (κ1) is 36.8. The molecule has 0 radical (unpaired) electrons. The van der Waals surface area contributed by atoms with Crippen molar-refractivity contribution < 1.29 is 0 Å². The summed E-state index contributed by atoms with van der Waals surface area (Å²) in [5.41, 5.74) is 18.8. The van der Waals surface area contributed by atoms with Crippen LogP contribution in [-0.4, -0.2) is 4.57 Å². The van der Waals surface area contributed by atoms with E-state index in [2.05, 4.69) is 264 Å². The molecule has 0 spiro atoms. The Balaban J connectivity index is 0.989. The molecule has 2 heteroatoms. The quantitative estimate of drug-likeness (QED) is 0.141. The lowest BCUT2D eigenvalue weighted by molar-refractivity contribution is 1.18. The molecule has 0 fully saturated rings. The monoisotopic (exact) mass is 790 g/mol. The van der Waals surface area contributed by atoms with Crippen molar-refractivity contribution in [1.29, 1.82) is 0 Å². The summed E-state index contributed by atoms with van der Waals surface area (Å²) < 4.78 is 2.47. The van der Waals surface area contributed by atoms with Gasteiger partial charge < -0.3 is 9.47 Å². The standard InChI is InChI=1S/C60H42N2/c1-4-15-43(16-5-1)45-27-29-46(30-28-45)48-33-39-52(40-34-48)61(51-37-31-47(32-38-51)44-17-6-2-7-18-44)53-41-35-50(36-42-53)54-21-10-12-25-58(54)62-59-26-13-11-22-56(59)57-24-14-23-55(60(57)62)49-19-8-3-9-20-49/h1-42H. The number of nitrogens with zero attached hydrogens (tertiary/aromatic N) is 2. The number of hydrogen-bond acceptors (Lipinski definition) is 1. The number of aromatic nitrogens is 1. The van der Waals surface area contributed by atoms with E-state index in [0.29, 0.717) is 0 Å². The minimum atomic E-state index is 1.09. The van der Waals surface area contributed by atoms with Crippen molar-refractivity contribution in [3.05, 3.63) is 255 Å². The number of benzene rings is 10. The molecule has 1 heterocycles. The van der Waals surface area contributed by atoms with Crippen molar-refractivity contribution in [2.45, 2.75) is 0 Å². The van der Waals surface area contributed by atoms with Gasteiger partial charge in [0.1, 0.15) is 0 Å². The van der Waals surface area contributed by atoms with E-state index >= 15 is 0 Å². The molecule has 0 amide bonds. The smallest absolute Gasteiger partial charge is 0.0619 e. The van der Waals surface area contributed by atoms with Gasteiger partial charge in [0, 0.05) is 39.0 Å². The lowest BCUT2D eigenvalue weighted by Crippen LogP contribution is -2.09. The molecule has 10 aromatic carbocycles. The first-order valence-corrected chi connectivity index (χ1v) is 21.3. The fourth-order valence-electron chi connectivity index (χ4n) is 8.99. The van der Waals surface area contributed by atoms with E-state index in [-0.39, 0.29) is 0 Å². The van der Waals surface area contributed by atoms with Crippen LogP contribution in [0.15, 0.2) is 255 Å². The van der Waals surface area contributed by atoms with Gasteiger partial charge in [-0.15, -0.1) is 0 Å². The zero-order valence-electron chi connectivity index (χ0n) is 34.1. The van der Waals surface area contributed by atoms with Gasteiger partial charge in [0.05, 0.1) is 16.7 Å². The Kier molecular flexibility index (Phi) is 9.57. The molecule has 0 saturated carbocycles. The lowest BCUT2D eigenvalue weighted by Gasteiger charge is -2.26. The summed E-state index contributed by atoms with van der Waals surface area (Å²) in [4.78, 5) is 2.35. The molecule has 11 aromatic rings. The van der Waals surface area contributed by atoms with Gasteiger partial charge in [-0.05, 0) is 93.0 Å². The number of fused-ring (bicyclic) bond motifs is 3. The third kappa shape index (κ3) is 6.84. The molecular formula is C60H42N2. The Morgan fingerprint density at radius 3 is 1.13 bits per heavy atom. The van der Waals surface area contributed by atoms with Crippen LogP contribution in [0.5, 0.6) is 0 Å². The van der Waals surface area contributed by atoms with Crippen LogP contribution >= 0.6 is 0 Å². The lowest BCUT2D eigenvalue weighted by atomic mass is 9.99. The maximum Gasteiger partial charge on any atom is 0.0619 e. The average Bonchev–Trinajstić information content (AvgIpc) is 3.70. The molecule has 0 N–H and O–H groups in total. The SMILES string of the molecule is c1ccc(-c2ccc(-c3ccc(N(c4ccc(-c5ccccc5)cc4)c4ccc(-c5ccccc5-n5c6ccccc6c6cccc(-c7ccccc7)c65)cc4)cc3)cc2)cc1. The highest BCUT2D eigenvalue weighted by Gasteiger charge is 2.19. The van der Waals surface area contributed by atoms with Crippen LogP contribution in [0, 0.1) is 0 Å². The molecule has 0 aliphatic rings. The third-order valence-electron chi connectivity index (χ3n) is 12.0. The van der Waals surface area contributed by atoms with Crippen LogP contribution in [0.3, 0.4) is 0 Å². The van der Waals surface area contributed by atoms with E-state index < -0.39 is 0 Å². The molecule has 62 heavy (non-hydrogen) atoms. The molecule has 292 valence electrons. The molecule has 0 aliphatic heterocycles. The van der Waals surface area contributed by atoms with Crippen LogP contribution in [-0.2, 0) is 0 Å². The average molecular weight is 791 g/mol. The molecule has 0 aliphatic carbocycles. The highest BCUT2D eigenvalue weighted by molar-refractivity contribution is 6.14. The highest BCUT2D eigenvalue weighted by atomic mass is 15.1. The molecule has 2 nitrogen and oxygen atoms in total. The largest absolute Gasteiger partial charge is 0.311 e. The second-order valence-electron chi connectivity index (χ2n) is 15.7. The Bertz CT molecular complexity index is 3280. The first-order valence-electron chi connectivity index (χ1n) is 21.3. The summed E-state index contributed by atoms with van der Waals surface area (Å²) in [6.45, 7) is 0. The Labute approximate surface area is 362 Å². The van der Waals surface area contributed by atoms with Crippen molar-refractivity contribution in [2.24, 2.45) is 0 Å². The van der Waals surface area contributed by atoms with Crippen molar-refractivity contribution in [3.63, 3.8) is 0 Å². The fraction of sp³-hybridized carbons (Fsp3) is 0. The van der Waals surface area contributed by atoms with Gasteiger partial charge in [0.25, 0.3) is 0 Å². The second-order valence-corrected chi connectivity index (χ2v) is 15.7. The minimum absolute atomic E-state index is 1.09. The van der Waals surface area contributed by atoms with Crippen LogP contribution in [0.1, 0.15) is 0 Å². The molecule has 1 aromatic heterocycles. The number of hydrogen-bond donors (Lipinski definition) is 0. The summed E-state index contributed by atoms with van der Waals surface area (Å²) in [6.07, 6.45) is 0.